The van der Waals surface area contributed by atoms with Crippen LogP contribution in [-0.4, -0.2) is 51.6 Å². The van der Waals surface area contributed by atoms with E-state index in [4.69, 9.17) is 14.2 Å². The Morgan fingerprint density at radius 1 is 1.17 bits per heavy atom. The molecule has 126 valence electrons. The zero-order chi connectivity index (χ0) is 17.2. The summed E-state index contributed by atoms with van der Waals surface area (Å²) in [6, 6.07) is 4.83. The first-order valence-electron chi connectivity index (χ1n) is 7.07. The molecular weight excluding hydrogens is 302 g/mol. The zero-order valence-corrected chi connectivity index (χ0v) is 13.5. The Morgan fingerprint density at radius 2 is 1.91 bits per heavy atom. The first kappa shape index (κ1) is 18.6. The number of carbonyl (C=O) groups excluding carboxylic acids is 3. The second-order valence-electron chi connectivity index (χ2n) is 4.76. The molecule has 7 nitrogen and oxygen atoms in total. The van der Waals surface area contributed by atoms with Crippen LogP contribution in [0.25, 0.3) is 0 Å². The number of benzene rings is 1. The van der Waals surface area contributed by atoms with Gasteiger partial charge in [-0.25, -0.2) is 0 Å². The van der Waals surface area contributed by atoms with Crippen LogP contribution in [0.1, 0.15) is 22.8 Å². The van der Waals surface area contributed by atoms with Gasteiger partial charge in [0.15, 0.2) is 12.4 Å². The monoisotopic (exact) mass is 323 g/mol. The van der Waals surface area contributed by atoms with Crippen LogP contribution in [0.15, 0.2) is 18.2 Å². The highest BCUT2D eigenvalue weighted by Gasteiger charge is 2.13. The Kier molecular flexibility index (Phi) is 7.76. The van der Waals surface area contributed by atoms with Gasteiger partial charge < -0.3 is 19.5 Å². The molecule has 0 unspecified atom stereocenters. The number of carbonyl (C=O) groups is 3. The summed E-state index contributed by atoms with van der Waals surface area (Å²) < 4.78 is 14.9. The highest BCUT2D eigenvalue weighted by atomic mass is 16.5. The molecule has 0 radical (unpaired) electrons. The first-order valence-corrected chi connectivity index (χ1v) is 7.07. The Morgan fingerprint density at radius 3 is 2.52 bits per heavy atom. The van der Waals surface area contributed by atoms with Crippen molar-refractivity contribution in [2.75, 3.05) is 34.0 Å². The normalized spacial score (nSPS) is 10.0. The van der Waals surface area contributed by atoms with Gasteiger partial charge >= 0.3 is 5.97 Å². The van der Waals surface area contributed by atoms with Crippen molar-refractivity contribution in [3.63, 3.8) is 0 Å². The van der Waals surface area contributed by atoms with Crippen molar-refractivity contribution in [1.82, 2.24) is 5.32 Å². The molecule has 23 heavy (non-hydrogen) atoms. The van der Waals surface area contributed by atoms with E-state index in [1.54, 1.807) is 18.2 Å². The minimum Gasteiger partial charge on any atom is -0.496 e. The maximum Gasteiger partial charge on any atom is 0.310 e. The van der Waals surface area contributed by atoms with E-state index in [0.29, 0.717) is 30.0 Å². The molecule has 0 bridgehead atoms. The van der Waals surface area contributed by atoms with Gasteiger partial charge in [0.25, 0.3) is 5.91 Å². The standard InChI is InChI=1S/C16H21NO6/c1-11(18)12-4-5-14(22-3)13(8-12)9-16(20)23-10-15(19)17-6-7-21-2/h4-5,8H,6-7,9-10H2,1-3H3,(H,17,19). The van der Waals surface area contributed by atoms with E-state index in [2.05, 4.69) is 5.32 Å². The second-order valence-corrected chi connectivity index (χ2v) is 4.76. The molecule has 1 amide bonds. The number of hydrogen-bond acceptors (Lipinski definition) is 6. The maximum absolute atomic E-state index is 11.8. The molecule has 1 N–H and O–H groups in total. The fourth-order valence-corrected chi connectivity index (χ4v) is 1.83. The average molecular weight is 323 g/mol. The molecule has 0 atom stereocenters. The fraction of sp³-hybridized carbons (Fsp3) is 0.438. The van der Waals surface area contributed by atoms with E-state index in [1.165, 1.54) is 21.1 Å². The van der Waals surface area contributed by atoms with Crippen molar-refractivity contribution in [2.45, 2.75) is 13.3 Å². The lowest BCUT2D eigenvalue weighted by molar-refractivity contribution is -0.147. The summed E-state index contributed by atoms with van der Waals surface area (Å²) >= 11 is 0. The molecule has 0 aromatic heterocycles. The summed E-state index contributed by atoms with van der Waals surface area (Å²) in [6.07, 6.45) is -0.0877. The molecule has 1 rings (SSSR count). The minimum absolute atomic E-state index is 0.0877. The van der Waals surface area contributed by atoms with Crippen molar-refractivity contribution >= 4 is 17.7 Å². The molecule has 1 aromatic rings. The Bertz CT molecular complexity index is 570. The minimum atomic E-state index is -0.578. The lowest BCUT2D eigenvalue weighted by atomic mass is 10.0. The van der Waals surface area contributed by atoms with Gasteiger partial charge in [-0.15, -0.1) is 0 Å². The predicted molar refractivity (Wildman–Crippen MR) is 82.5 cm³/mol. The van der Waals surface area contributed by atoms with Crippen molar-refractivity contribution < 1.29 is 28.6 Å². The quantitative estimate of drug-likeness (QED) is 0.410. The number of ketones is 1. The number of amides is 1. The Balaban J connectivity index is 2.58. The van der Waals surface area contributed by atoms with Crippen LogP contribution in [0.5, 0.6) is 5.75 Å². The van der Waals surface area contributed by atoms with E-state index in [1.807, 2.05) is 0 Å². The Hall–Kier alpha value is -2.41. The number of esters is 1. The van der Waals surface area contributed by atoms with Crippen LogP contribution in [0.4, 0.5) is 0 Å². The van der Waals surface area contributed by atoms with Gasteiger partial charge in [0.1, 0.15) is 5.75 Å². The van der Waals surface area contributed by atoms with Crippen LogP contribution in [-0.2, 0) is 25.5 Å². The molecule has 0 saturated carbocycles. The average Bonchev–Trinajstić information content (AvgIpc) is 2.53. The number of nitrogens with one attached hydrogen (secondary N) is 1. The summed E-state index contributed by atoms with van der Waals surface area (Å²) in [5.41, 5.74) is 1.01. The number of hydrogen-bond donors (Lipinski definition) is 1. The lowest BCUT2D eigenvalue weighted by Gasteiger charge is -2.10. The summed E-state index contributed by atoms with van der Waals surface area (Å²) in [5.74, 6) is -0.609. The van der Waals surface area contributed by atoms with E-state index >= 15 is 0 Å². The van der Waals surface area contributed by atoms with E-state index < -0.39 is 11.9 Å². The van der Waals surface area contributed by atoms with Gasteiger partial charge in [-0.3, -0.25) is 14.4 Å². The number of methoxy groups -OCH3 is 2. The molecule has 0 saturated heterocycles. The highest BCUT2D eigenvalue weighted by Crippen LogP contribution is 2.21. The number of rotatable bonds is 9. The molecule has 0 aliphatic rings. The molecule has 1 aromatic carbocycles. The summed E-state index contributed by atoms with van der Waals surface area (Å²) in [5, 5.41) is 2.54. The molecule has 0 fully saturated rings. The van der Waals surface area contributed by atoms with Crippen LogP contribution < -0.4 is 10.1 Å². The molecule has 0 aliphatic carbocycles. The maximum atomic E-state index is 11.8. The van der Waals surface area contributed by atoms with Gasteiger partial charge in [0.2, 0.25) is 0 Å². The SMILES string of the molecule is COCCNC(=O)COC(=O)Cc1cc(C(C)=O)ccc1OC. The van der Waals surface area contributed by atoms with Crippen molar-refractivity contribution in [3.8, 4) is 5.75 Å². The second kappa shape index (κ2) is 9.58. The number of Topliss-reactive ketones (excluding diaryl/α,β-unsaturated/α-hetero) is 1. The third-order valence-corrected chi connectivity index (χ3v) is 3.01. The lowest BCUT2D eigenvalue weighted by Crippen LogP contribution is -2.31. The van der Waals surface area contributed by atoms with E-state index in [-0.39, 0.29) is 18.8 Å². The topological polar surface area (TPSA) is 90.9 Å². The number of ether oxygens (including phenoxy) is 3. The van der Waals surface area contributed by atoms with Crippen molar-refractivity contribution in [1.29, 1.82) is 0 Å². The van der Waals surface area contributed by atoms with Gasteiger partial charge in [0, 0.05) is 24.8 Å². The predicted octanol–water partition coefficient (Wildman–Crippen LogP) is 0.746. The van der Waals surface area contributed by atoms with Crippen LogP contribution in [0, 0.1) is 0 Å². The molecule has 0 aliphatic heterocycles. The van der Waals surface area contributed by atoms with Crippen LogP contribution >= 0.6 is 0 Å². The fourth-order valence-electron chi connectivity index (χ4n) is 1.83. The first-order chi connectivity index (χ1) is 11.0. The van der Waals surface area contributed by atoms with Crippen molar-refractivity contribution in [3.05, 3.63) is 29.3 Å². The highest BCUT2D eigenvalue weighted by molar-refractivity contribution is 5.94. The van der Waals surface area contributed by atoms with Gasteiger partial charge in [-0.05, 0) is 25.1 Å². The van der Waals surface area contributed by atoms with Crippen LogP contribution in [0.2, 0.25) is 0 Å². The largest absolute Gasteiger partial charge is 0.496 e. The Labute approximate surface area is 134 Å². The molecule has 0 spiro atoms. The van der Waals surface area contributed by atoms with Gasteiger partial charge in [-0.1, -0.05) is 0 Å². The van der Waals surface area contributed by atoms with Gasteiger partial charge in [0.05, 0.1) is 20.1 Å². The van der Waals surface area contributed by atoms with E-state index in [9.17, 15) is 14.4 Å². The summed E-state index contributed by atoms with van der Waals surface area (Å²) in [7, 11) is 3.00. The van der Waals surface area contributed by atoms with E-state index in [0.717, 1.165) is 0 Å². The smallest absolute Gasteiger partial charge is 0.310 e. The zero-order valence-electron chi connectivity index (χ0n) is 13.5. The summed E-state index contributed by atoms with van der Waals surface area (Å²) in [6.45, 7) is 1.81. The molecule has 0 heterocycles. The third-order valence-electron chi connectivity index (χ3n) is 3.01. The molecule has 7 heteroatoms. The van der Waals surface area contributed by atoms with Gasteiger partial charge in [-0.2, -0.15) is 0 Å². The van der Waals surface area contributed by atoms with Crippen LogP contribution in [0.3, 0.4) is 0 Å². The summed E-state index contributed by atoms with van der Waals surface area (Å²) in [4.78, 5) is 34.7. The third kappa shape index (κ3) is 6.48. The van der Waals surface area contributed by atoms with Crippen molar-refractivity contribution in [2.24, 2.45) is 0 Å². The molecular formula is C16H21NO6.